The van der Waals surface area contributed by atoms with E-state index in [-0.39, 0.29) is 17.9 Å². The molecular formula is C24H29N4O3. The summed E-state index contributed by atoms with van der Waals surface area (Å²) in [4.78, 5) is 34.6. The lowest BCUT2D eigenvalue weighted by atomic mass is 10.0. The van der Waals surface area contributed by atoms with Crippen molar-refractivity contribution in [1.82, 2.24) is 20.2 Å². The van der Waals surface area contributed by atoms with Gasteiger partial charge in [-0.1, -0.05) is 56.8 Å². The van der Waals surface area contributed by atoms with E-state index in [1.54, 1.807) is 11.0 Å². The fourth-order valence-corrected chi connectivity index (χ4v) is 3.70. The molecule has 31 heavy (non-hydrogen) atoms. The average Bonchev–Trinajstić information content (AvgIpc) is 3.44. The first kappa shape index (κ1) is 22.3. The lowest BCUT2D eigenvalue weighted by molar-refractivity contribution is -0.135. The number of aromatic nitrogens is 2. The van der Waals surface area contributed by atoms with Gasteiger partial charge >= 0.3 is 6.09 Å². The van der Waals surface area contributed by atoms with E-state index >= 15 is 0 Å². The molecule has 2 heterocycles. The summed E-state index contributed by atoms with van der Waals surface area (Å²) in [7, 11) is 1.29. The Balaban J connectivity index is 1.72. The van der Waals surface area contributed by atoms with E-state index in [9.17, 15) is 9.59 Å². The summed E-state index contributed by atoms with van der Waals surface area (Å²) in [5.74, 6) is 0.568. The molecule has 1 aromatic carbocycles. The van der Waals surface area contributed by atoms with Crippen LogP contribution >= 0.6 is 0 Å². The molecule has 1 aliphatic heterocycles. The number of likely N-dealkylation sites (tertiary alicyclic amines) is 1. The Morgan fingerprint density at radius 1 is 1.26 bits per heavy atom. The monoisotopic (exact) mass is 421 g/mol. The summed E-state index contributed by atoms with van der Waals surface area (Å²) in [6, 6.07) is 7.09. The Morgan fingerprint density at radius 3 is 2.61 bits per heavy atom. The molecule has 7 heteroatoms. The van der Waals surface area contributed by atoms with Crippen LogP contribution in [-0.2, 0) is 9.53 Å². The van der Waals surface area contributed by atoms with Gasteiger partial charge in [0, 0.05) is 12.7 Å². The summed E-state index contributed by atoms with van der Waals surface area (Å²) in [6.07, 6.45) is 8.41. The normalized spacial score (nSPS) is 17.2. The zero-order valence-corrected chi connectivity index (χ0v) is 18.2. The molecule has 0 aliphatic carbocycles. The largest absolute Gasteiger partial charge is 0.453 e. The second-order valence-corrected chi connectivity index (χ2v) is 7.92. The summed E-state index contributed by atoms with van der Waals surface area (Å²) < 4.78 is 4.68. The number of alkyl carbamates (subject to hydrolysis) is 1. The van der Waals surface area contributed by atoms with E-state index in [0.717, 1.165) is 35.5 Å². The Kier molecular flexibility index (Phi) is 7.28. The highest BCUT2D eigenvalue weighted by Gasteiger charge is 2.37. The van der Waals surface area contributed by atoms with Crippen molar-refractivity contribution in [3.63, 3.8) is 0 Å². The topological polar surface area (TPSA) is 87.3 Å². The van der Waals surface area contributed by atoms with E-state index in [1.807, 2.05) is 56.5 Å². The molecule has 1 unspecified atom stereocenters. The molecule has 1 aromatic heterocycles. The van der Waals surface area contributed by atoms with Crippen molar-refractivity contribution in [2.24, 2.45) is 5.92 Å². The molecule has 163 valence electrons. The number of carbonyl (C=O) groups excluding carboxylic acids is 2. The number of H-pyrrole nitrogens is 1. The van der Waals surface area contributed by atoms with Crippen LogP contribution in [0, 0.1) is 12.5 Å². The van der Waals surface area contributed by atoms with Crippen LogP contribution in [0.15, 0.2) is 30.5 Å². The third-order valence-electron chi connectivity index (χ3n) is 5.44. The third kappa shape index (κ3) is 5.42. The van der Waals surface area contributed by atoms with Crippen LogP contribution in [0.25, 0.3) is 18.2 Å². The van der Waals surface area contributed by atoms with Gasteiger partial charge in [0.2, 0.25) is 5.91 Å². The van der Waals surface area contributed by atoms with Crippen molar-refractivity contribution in [3.8, 4) is 0 Å². The number of carbonyl (C=O) groups is 2. The molecule has 1 fully saturated rings. The summed E-state index contributed by atoms with van der Waals surface area (Å²) in [5.41, 5.74) is 2.80. The molecule has 1 saturated heterocycles. The quantitative estimate of drug-likeness (QED) is 0.705. The van der Waals surface area contributed by atoms with Crippen LogP contribution in [0.1, 0.15) is 55.4 Å². The summed E-state index contributed by atoms with van der Waals surface area (Å²) >= 11 is 0. The van der Waals surface area contributed by atoms with Crippen molar-refractivity contribution in [1.29, 1.82) is 0 Å². The summed E-state index contributed by atoms with van der Waals surface area (Å²) in [6.45, 7) is 9.95. The molecule has 2 N–H and O–H groups in total. The number of ether oxygens (including phenoxy) is 1. The minimum atomic E-state index is -0.642. The Bertz CT molecular complexity index is 946. The number of imidazole rings is 1. The number of hydrogen-bond donors (Lipinski definition) is 2. The molecule has 7 nitrogen and oxygen atoms in total. The molecule has 2 amide bonds. The zero-order chi connectivity index (χ0) is 22.4. The van der Waals surface area contributed by atoms with Crippen molar-refractivity contribution in [2.75, 3.05) is 13.7 Å². The van der Waals surface area contributed by atoms with E-state index in [2.05, 4.69) is 20.0 Å². The van der Waals surface area contributed by atoms with Crippen LogP contribution in [-0.4, -0.2) is 46.6 Å². The minimum Gasteiger partial charge on any atom is -0.453 e. The molecular weight excluding hydrogens is 392 g/mol. The number of hydrogen-bond acceptors (Lipinski definition) is 4. The van der Waals surface area contributed by atoms with Gasteiger partial charge in [0.05, 0.1) is 18.8 Å². The van der Waals surface area contributed by atoms with Crippen LogP contribution < -0.4 is 5.32 Å². The van der Waals surface area contributed by atoms with Gasteiger partial charge in [-0.2, -0.15) is 0 Å². The standard InChI is InChI=1S/C24H29N4O3/c1-5-17-8-10-18(11-9-17)12-13-19-15-25-22(26-19)20-7-6-14-28(20)23(29)21(16(2)3)27-24(30)31-4/h1,5,8-13,15-16,20-21H,6-7,14H2,2-4H3,(H,25,26)(H,27,30)/b5-1?,13-12+/t20-,21?/m0/s1. The van der Waals surface area contributed by atoms with Gasteiger partial charge in [0.15, 0.2) is 0 Å². The number of nitrogens with zero attached hydrogens (tertiary/aromatic N) is 2. The lowest BCUT2D eigenvalue weighted by Gasteiger charge is -2.29. The number of nitrogens with one attached hydrogen (secondary N) is 2. The van der Waals surface area contributed by atoms with Gasteiger partial charge in [0.25, 0.3) is 0 Å². The fourth-order valence-electron chi connectivity index (χ4n) is 3.70. The second kappa shape index (κ2) is 10.1. The van der Waals surface area contributed by atoms with Crippen molar-refractivity contribution >= 4 is 30.2 Å². The van der Waals surface area contributed by atoms with Crippen molar-refractivity contribution in [3.05, 3.63) is 59.7 Å². The van der Waals surface area contributed by atoms with E-state index < -0.39 is 12.1 Å². The zero-order valence-electron chi connectivity index (χ0n) is 18.2. The second-order valence-electron chi connectivity index (χ2n) is 7.92. The van der Waals surface area contributed by atoms with Gasteiger partial charge in [-0.05, 0) is 36.0 Å². The highest BCUT2D eigenvalue weighted by Crippen LogP contribution is 2.31. The van der Waals surface area contributed by atoms with Crippen LogP contribution in [0.2, 0.25) is 0 Å². The maximum atomic E-state index is 13.2. The maximum absolute atomic E-state index is 13.2. The van der Waals surface area contributed by atoms with Gasteiger partial charge < -0.3 is 19.9 Å². The smallest absolute Gasteiger partial charge is 0.407 e. The number of aromatic amines is 1. The van der Waals surface area contributed by atoms with Gasteiger partial charge in [-0.25, -0.2) is 9.78 Å². The van der Waals surface area contributed by atoms with Crippen molar-refractivity contribution in [2.45, 2.75) is 38.8 Å². The highest BCUT2D eigenvalue weighted by molar-refractivity contribution is 5.86. The predicted molar refractivity (Wildman–Crippen MR) is 121 cm³/mol. The van der Waals surface area contributed by atoms with Crippen LogP contribution in [0.5, 0.6) is 0 Å². The van der Waals surface area contributed by atoms with Crippen molar-refractivity contribution < 1.29 is 14.3 Å². The molecule has 0 saturated carbocycles. The molecule has 3 rings (SSSR count). The molecule has 1 radical (unpaired) electrons. The number of rotatable bonds is 7. The Labute approximate surface area is 183 Å². The van der Waals surface area contributed by atoms with Gasteiger partial charge in [0.1, 0.15) is 11.9 Å². The van der Waals surface area contributed by atoms with Gasteiger partial charge in [-0.3, -0.25) is 4.79 Å². The molecule has 1 aliphatic rings. The minimum absolute atomic E-state index is 0.0637. The molecule has 0 spiro atoms. The molecule has 0 bridgehead atoms. The van der Waals surface area contributed by atoms with Crippen LogP contribution in [0.3, 0.4) is 0 Å². The third-order valence-corrected chi connectivity index (χ3v) is 5.44. The first-order chi connectivity index (χ1) is 14.9. The maximum Gasteiger partial charge on any atom is 0.407 e. The average molecular weight is 422 g/mol. The fraction of sp³-hybridized carbons (Fsp3) is 0.375. The number of methoxy groups -OCH3 is 1. The predicted octanol–water partition coefficient (Wildman–Crippen LogP) is 4.07. The Morgan fingerprint density at radius 2 is 1.97 bits per heavy atom. The summed E-state index contributed by atoms with van der Waals surface area (Å²) in [5, 5.41) is 2.66. The van der Waals surface area contributed by atoms with E-state index in [4.69, 9.17) is 6.58 Å². The first-order valence-electron chi connectivity index (χ1n) is 10.5. The number of benzene rings is 1. The first-order valence-corrected chi connectivity index (χ1v) is 10.5. The lowest BCUT2D eigenvalue weighted by Crippen LogP contribution is -2.51. The SMILES string of the molecule is [CH]=Cc1ccc(/C=C/c2c[nH]c([C@@H]3CCCN3C(=O)C(NC(=O)OC)C(C)C)n2)cc1. The number of amides is 2. The molecule has 2 aromatic rings. The van der Waals surface area contributed by atoms with Gasteiger partial charge in [-0.15, -0.1) is 0 Å². The Hall–Kier alpha value is -3.35. The van der Waals surface area contributed by atoms with Crippen LogP contribution in [0.4, 0.5) is 4.79 Å². The van der Waals surface area contributed by atoms with E-state index in [1.165, 1.54) is 7.11 Å². The molecule has 2 atom stereocenters. The van der Waals surface area contributed by atoms with E-state index in [0.29, 0.717) is 6.54 Å². The highest BCUT2D eigenvalue weighted by atomic mass is 16.5.